The maximum absolute atomic E-state index is 12.0. The van der Waals surface area contributed by atoms with Crippen LogP contribution in [0.1, 0.15) is 13.8 Å². The Morgan fingerprint density at radius 1 is 1.36 bits per heavy atom. The van der Waals surface area contributed by atoms with Crippen molar-refractivity contribution >= 4 is 40.7 Å². The third-order valence-corrected chi connectivity index (χ3v) is 5.32. The van der Waals surface area contributed by atoms with E-state index in [0.29, 0.717) is 6.61 Å². The molecule has 1 atom stereocenters. The van der Waals surface area contributed by atoms with Gasteiger partial charge < -0.3 is 19.5 Å². The number of hydrogen-bond donors (Lipinski definition) is 2. The van der Waals surface area contributed by atoms with Crippen molar-refractivity contribution in [3.05, 3.63) is 24.4 Å². The summed E-state index contributed by atoms with van der Waals surface area (Å²) >= 11 is 0. The molecule has 0 radical (unpaired) electrons. The van der Waals surface area contributed by atoms with Gasteiger partial charge in [0.25, 0.3) is 5.91 Å². The van der Waals surface area contributed by atoms with Crippen molar-refractivity contribution in [3.63, 3.8) is 0 Å². The van der Waals surface area contributed by atoms with E-state index in [0.717, 1.165) is 41.3 Å². The van der Waals surface area contributed by atoms with Crippen LogP contribution in [0, 0.1) is 0 Å². The van der Waals surface area contributed by atoms with Gasteiger partial charge in [-0.2, -0.15) is 5.10 Å². The minimum absolute atomic E-state index is 0. The Kier molecular flexibility index (Phi) is 3.49. The first kappa shape index (κ1) is 16.2. The molecule has 1 saturated heterocycles. The Hall–Kier alpha value is -2.25. The van der Waals surface area contributed by atoms with E-state index < -0.39 is 0 Å². The van der Waals surface area contributed by atoms with Crippen LogP contribution in [-0.2, 0) is 10.3 Å². The first-order chi connectivity index (χ1) is 11.6. The predicted molar refractivity (Wildman–Crippen MR) is 98.7 cm³/mol. The molecule has 0 spiro atoms. The number of anilines is 1. The molecule has 1 amide bonds. The molecule has 1 aromatic heterocycles. The molecule has 1 aromatic carbocycles. The van der Waals surface area contributed by atoms with Crippen molar-refractivity contribution in [2.45, 2.75) is 25.4 Å². The number of hydrazone groups is 1. The lowest BCUT2D eigenvalue weighted by Crippen LogP contribution is -2.58. The quantitative estimate of drug-likeness (QED) is 0.805. The molecular formula is C17H20ClN5O2. The van der Waals surface area contributed by atoms with Crippen LogP contribution in [0.25, 0.3) is 10.9 Å². The molecule has 1 fully saturated rings. The van der Waals surface area contributed by atoms with Crippen LogP contribution in [0.5, 0.6) is 5.75 Å². The van der Waals surface area contributed by atoms with Crippen molar-refractivity contribution in [1.29, 1.82) is 0 Å². The lowest BCUT2D eigenvalue weighted by atomic mass is 9.94. The number of nitrogens with zero attached hydrogens (tertiary/aromatic N) is 3. The number of nitrogens with one attached hydrogen (secondary N) is 2. The van der Waals surface area contributed by atoms with E-state index >= 15 is 0 Å². The zero-order chi connectivity index (χ0) is 16.5. The van der Waals surface area contributed by atoms with Crippen LogP contribution in [0.2, 0.25) is 0 Å². The van der Waals surface area contributed by atoms with Gasteiger partial charge in [-0.05, 0) is 32.0 Å². The standard InChI is InChI=1S/C17H19N5O2.ClH/c1-10-16(23)20-19-15-7-24-14-5-11-3-4-21(17(2)8-18-9-17)12(11)6-13(14)22(10)15;/h3-6,10,18H,7-9H2,1-2H3,(H,20,23);1H/t10-;/m1./s1. The molecule has 7 nitrogen and oxygen atoms in total. The van der Waals surface area contributed by atoms with Crippen molar-refractivity contribution in [2.24, 2.45) is 5.10 Å². The lowest BCUT2D eigenvalue weighted by molar-refractivity contribution is -0.122. The van der Waals surface area contributed by atoms with Crippen LogP contribution < -0.4 is 20.4 Å². The van der Waals surface area contributed by atoms with Gasteiger partial charge >= 0.3 is 0 Å². The summed E-state index contributed by atoms with van der Waals surface area (Å²) in [7, 11) is 0. The van der Waals surface area contributed by atoms with Gasteiger partial charge in [0.1, 0.15) is 18.4 Å². The smallest absolute Gasteiger partial charge is 0.262 e. The SMILES string of the molecule is C[C@@H]1C(=O)NN=C2COc3cc4ccn(C5(C)CNC5)c4cc3N21.Cl. The Morgan fingerprint density at radius 2 is 2.16 bits per heavy atom. The minimum Gasteiger partial charge on any atom is -0.483 e. The maximum atomic E-state index is 12.0. The minimum atomic E-state index is -0.304. The Labute approximate surface area is 151 Å². The molecule has 132 valence electrons. The number of amides is 1. The average Bonchev–Trinajstić information content (AvgIpc) is 2.97. The number of rotatable bonds is 1. The lowest BCUT2D eigenvalue weighted by Gasteiger charge is -2.42. The molecule has 0 aliphatic carbocycles. The molecule has 25 heavy (non-hydrogen) atoms. The van der Waals surface area contributed by atoms with Crippen LogP contribution in [0.3, 0.4) is 0 Å². The monoisotopic (exact) mass is 361 g/mol. The Balaban J connectivity index is 0.00000157. The van der Waals surface area contributed by atoms with Gasteiger partial charge in [-0.1, -0.05) is 0 Å². The second kappa shape index (κ2) is 5.37. The summed E-state index contributed by atoms with van der Waals surface area (Å²) in [5.41, 5.74) is 4.71. The van der Waals surface area contributed by atoms with Gasteiger partial charge in [0.05, 0.1) is 16.7 Å². The summed E-state index contributed by atoms with van der Waals surface area (Å²) in [6.45, 7) is 6.42. The summed E-state index contributed by atoms with van der Waals surface area (Å²) in [4.78, 5) is 14.0. The van der Waals surface area contributed by atoms with Crippen LogP contribution in [0.15, 0.2) is 29.5 Å². The van der Waals surface area contributed by atoms with E-state index in [2.05, 4.69) is 51.7 Å². The van der Waals surface area contributed by atoms with Gasteiger partial charge in [0.15, 0.2) is 5.84 Å². The predicted octanol–water partition coefficient (Wildman–Crippen LogP) is 1.41. The van der Waals surface area contributed by atoms with Crippen LogP contribution >= 0.6 is 12.4 Å². The molecule has 3 aliphatic rings. The largest absolute Gasteiger partial charge is 0.483 e. The molecule has 4 heterocycles. The second-order valence-corrected chi connectivity index (χ2v) is 7.00. The topological polar surface area (TPSA) is 70.9 Å². The highest BCUT2D eigenvalue weighted by atomic mass is 35.5. The van der Waals surface area contributed by atoms with Crippen LogP contribution in [-0.4, -0.2) is 42.0 Å². The highest BCUT2D eigenvalue weighted by Crippen LogP contribution is 2.40. The van der Waals surface area contributed by atoms with Gasteiger partial charge in [-0.3, -0.25) is 4.79 Å². The van der Waals surface area contributed by atoms with E-state index in [4.69, 9.17) is 4.74 Å². The maximum Gasteiger partial charge on any atom is 0.262 e. The molecular weight excluding hydrogens is 342 g/mol. The van der Waals surface area contributed by atoms with Crippen molar-refractivity contribution < 1.29 is 9.53 Å². The second-order valence-electron chi connectivity index (χ2n) is 7.00. The van der Waals surface area contributed by atoms with E-state index in [9.17, 15) is 4.79 Å². The third-order valence-electron chi connectivity index (χ3n) is 5.32. The number of fused-ring (bicyclic) bond motifs is 4. The van der Waals surface area contributed by atoms with Gasteiger partial charge in [-0.25, -0.2) is 5.43 Å². The Morgan fingerprint density at radius 3 is 2.88 bits per heavy atom. The molecule has 5 rings (SSSR count). The summed E-state index contributed by atoms with van der Waals surface area (Å²) < 4.78 is 8.19. The van der Waals surface area contributed by atoms with E-state index in [-0.39, 0.29) is 29.9 Å². The number of amidine groups is 1. The van der Waals surface area contributed by atoms with Gasteiger partial charge in [0.2, 0.25) is 0 Å². The number of aromatic nitrogens is 1. The number of benzene rings is 1. The summed E-state index contributed by atoms with van der Waals surface area (Å²) in [6, 6.07) is 6.00. The fourth-order valence-electron chi connectivity index (χ4n) is 3.78. The number of carbonyl (C=O) groups is 1. The number of halogens is 1. The zero-order valence-corrected chi connectivity index (χ0v) is 14.9. The van der Waals surface area contributed by atoms with Crippen LogP contribution in [0.4, 0.5) is 5.69 Å². The normalized spacial score (nSPS) is 23.4. The molecule has 2 N–H and O–H groups in total. The zero-order valence-electron chi connectivity index (χ0n) is 14.1. The number of carbonyl (C=O) groups excluding carboxylic acids is 1. The van der Waals surface area contributed by atoms with E-state index in [1.165, 1.54) is 0 Å². The third kappa shape index (κ3) is 2.15. The average molecular weight is 362 g/mol. The van der Waals surface area contributed by atoms with E-state index in [1.807, 2.05) is 11.8 Å². The molecule has 2 aromatic rings. The fourth-order valence-corrected chi connectivity index (χ4v) is 3.78. The molecule has 0 bridgehead atoms. The number of hydrogen-bond acceptors (Lipinski definition) is 5. The van der Waals surface area contributed by atoms with Crippen molar-refractivity contribution in [3.8, 4) is 5.75 Å². The summed E-state index contributed by atoms with van der Waals surface area (Å²) in [6.07, 6.45) is 2.14. The van der Waals surface area contributed by atoms with Gasteiger partial charge in [0, 0.05) is 24.7 Å². The molecule has 0 saturated carbocycles. The number of ether oxygens (including phenoxy) is 1. The van der Waals surface area contributed by atoms with Crippen molar-refractivity contribution in [1.82, 2.24) is 15.3 Å². The first-order valence-corrected chi connectivity index (χ1v) is 8.22. The first-order valence-electron chi connectivity index (χ1n) is 8.22. The summed E-state index contributed by atoms with van der Waals surface area (Å²) in [5, 5.41) is 8.65. The molecule has 3 aliphatic heterocycles. The molecule has 8 heteroatoms. The molecule has 0 unspecified atom stereocenters. The summed E-state index contributed by atoms with van der Waals surface area (Å²) in [5.74, 6) is 1.44. The van der Waals surface area contributed by atoms with Crippen molar-refractivity contribution in [2.75, 3.05) is 24.6 Å². The highest BCUT2D eigenvalue weighted by molar-refractivity contribution is 6.10. The van der Waals surface area contributed by atoms with E-state index in [1.54, 1.807) is 0 Å². The Bertz CT molecular complexity index is 902. The van der Waals surface area contributed by atoms with Gasteiger partial charge in [-0.15, -0.1) is 12.4 Å². The fraction of sp³-hybridized carbons (Fsp3) is 0.412. The highest BCUT2D eigenvalue weighted by Gasteiger charge is 2.37.